The Bertz CT molecular complexity index is 2210. The van der Waals surface area contributed by atoms with Crippen LogP contribution in [0, 0.1) is 11.6 Å². The van der Waals surface area contributed by atoms with Gasteiger partial charge in [0.25, 0.3) is 0 Å². The average molecular weight is 706 g/mol. The fourth-order valence-electron chi connectivity index (χ4n) is 4.77. The Morgan fingerprint density at radius 2 is 1.88 bits per heavy atom. The molecule has 1 N–H and O–H groups in total. The quantitative estimate of drug-likeness (QED) is 0.0743. The van der Waals surface area contributed by atoms with Crippen LogP contribution in [-0.4, -0.2) is 46.4 Å². The Labute approximate surface area is 284 Å². The maximum atomic E-state index is 15.3. The van der Waals surface area contributed by atoms with E-state index in [0.29, 0.717) is 75.1 Å². The Morgan fingerprint density at radius 1 is 0.979 bits per heavy atom. The van der Waals surface area contributed by atoms with Gasteiger partial charge in [0.15, 0.2) is 0 Å². The van der Waals surface area contributed by atoms with Crippen molar-refractivity contribution in [2.24, 2.45) is 0 Å². The molecular weight excluding hydrogens is 680 g/mol. The lowest BCUT2D eigenvalue weighted by molar-refractivity contribution is 0.170. The van der Waals surface area contributed by atoms with Gasteiger partial charge in [0.2, 0.25) is 10.3 Å². The number of fused-ring (bicyclic) bond motifs is 1. The standard InChI is InChI=1S/C34H26ClF2N5O4S2/c35-26-14-23(9-10-31(26)46-17-21-5-3-6-22(36)13-21)41-34-25-15-24(27(37)16-29(25)39-20-40-34)30-19-47-33(42-30)8-4-12-45-18-32(48(43)44)28-7-1-2-11-38-28/h1-3,5-7,9-11,13-16,19-20H,4,8,12,17-18H2,(H,39,40,41). The van der Waals surface area contributed by atoms with E-state index in [1.807, 2.05) is 0 Å². The molecule has 0 aliphatic heterocycles. The molecule has 0 aliphatic carbocycles. The number of nitrogens with zero attached hydrogens (tertiary/aromatic N) is 4. The zero-order valence-corrected chi connectivity index (χ0v) is 27.5. The van der Waals surface area contributed by atoms with E-state index in [-0.39, 0.29) is 23.9 Å². The second-order valence-corrected chi connectivity index (χ2v) is 12.7. The number of thiazole rings is 1. The molecule has 0 aliphatic rings. The van der Waals surface area contributed by atoms with Crippen LogP contribution in [0.5, 0.6) is 5.75 Å². The first-order valence-corrected chi connectivity index (χ1v) is 16.9. The van der Waals surface area contributed by atoms with E-state index in [1.54, 1.807) is 60.0 Å². The minimum absolute atomic E-state index is 0.0856. The number of anilines is 2. The molecular formula is C34H26ClF2N5O4S2. The van der Waals surface area contributed by atoms with Crippen LogP contribution in [0.4, 0.5) is 20.3 Å². The smallest absolute Gasteiger partial charge is 0.221 e. The van der Waals surface area contributed by atoms with E-state index >= 15 is 4.39 Å². The number of hydrogen-bond acceptors (Lipinski definition) is 10. The second kappa shape index (κ2) is 15.4. The lowest BCUT2D eigenvalue weighted by atomic mass is 10.1. The number of hydrogen-bond donors (Lipinski definition) is 1. The molecule has 0 saturated carbocycles. The van der Waals surface area contributed by atoms with E-state index in [4.69, 9.17) is 21.1 Å². The summed E-state index contributed by atoms with van der Waals surface area (Å²) in [7, 11) is -2.45. The van der Waals surface area contributed by atoms with Crippen LogP contribution < -0.4 is 10.1 Å². The summed E-state index contributed by atoms with van der Waals surface area (Å²) in [5.74, 6) is 0.0570. The largest absolute Gasteiger partial charge is 0.487 e. The van der Waals surface area contributed by atoms with Gasteiger partial charge in [0, 0.05) is 47.3 Å². The van der Waals surface area contributed by atoms with Crippen molar-refractivity contribution < 1.29 is 26.7 Å². The van der Waals surface area contributed by atoms with Crippen LogP contribution in [0.2, 0.25) is 5.02 Å². The molecule has 0 bridgehead atoms. The predicted molar refractivity (Wildman–Crippen MR) is 182 cm³/mol. The Kier molecular flexibility index (Phi) is 10.6. The summed E-state index contributed by atoms with van der Waals surface area (Å²) in [5, 5.41) is 6.71. The zero-order valence-electron chi connectivity index (χ0n) is 25.1. The molecule has 9 nitrogen and oxygen atoms in total. The summed E-state index contributed by atoms with van der Waals surface area (Å²) in [5.41, 5.74) is 2.82. The van der Waals surface area contributed by atoms with Crippen molar-refractivity contribution in [3.05, 3.63) is 124 Å². The highest BCUT2D eigenvalue weighted by atomic mass is 35.5. The maximum Gasteiger partial charge on any atom is 0.221 e. The molecule has 48 heavy (non-hydrogen) atoms. The number of aryl methyl sites for hydroxylation is 1. The summed E-state index contributed by atoms with van der Waals surface area (Å²) in [4.78, 5) is 17.4. The van der Waals surface area contributed by atoms with Gasteiger partial charge >= 0.3 is 0 Å². The molecule has 0 atom stereocenters. The van der Waals surface area contributed by atoms with E-state index in [2.05, 4.69) is 25.3 Å². The van der Waals surface area contributed by atoms with Crippen LogP contribution in [0.3, 0.4) is 0 Å². The number of halogens is 3. The SMILES string of the molecule is O=S(=O)=C(COCCCc1nc(-c2cc3c(Nc4ccc(OCc5cccc(F)c5)c(Cl)c4)ncnc3cc2F)cs1)c1ccccn1. The highest BCUT2D eigenvalue weighted by Crippen LogP contribution is 2.34. The average Bonchev–Trinajstić information content (AvgIpc) is 3.55. The monoisotopic (exact) mass is 705 g/mol. The maximum absolute atomic E-state index is 15.3. The Hall–Kier alpha value is -4.82. The molecule has 0 unspecified atom stereocenters. The first-order chi connectivity index (χ1) is 23.3. The third kappa shape index (κ3) is 8.17. The van der Waals surface area contributed by atoms with Crippen LogP contribution in [0.15, 0.2) is 90.7 Å². The Morgan fingerprint density at radius 3 is 2.67 bits per heavy atom. The number of ether oxygens (including phenoxy) is 2. The molecule has 6 aromatic rings. The van der Waals surface area contributed by atoms with Crippen LogP contribution >= 0.6 is 22.9 Å². The Balaban J connectivity index is 1.11. The minimum Gasteiger partial charge on any atom is -0.487 e. The molecule has 0 saturated heterocycles. The normalized spacial score (nSPS) is 11.1. The van der Waals surface area contributed by atoms with Gasteiger partial charge in [0.05, 0.1) is 33.5 Å². The van der Waals surface area contributed by atoms with Gasteiger partial charge in [-0.05, 0) is 60.5 Å². The predicted octanol–water partition coefficient (Wildman–Crippen LogP) is 7.45. The fraction of sp³-hybridized carbons (Fsp3) is 0.147. The number of nitrogens with one attached hydrogen (secondary N) is 1. The molecule has 3 aromatic heterocycles. The summed E-state index contributed by atoms with van der Waals surface area (Å²) in [6.45, 7) is 0.375. The number of pyridine rings is 1. The zero-order chi connectivity index (χ0) is 33.5. The molecule has 3 heterocycles. The molecule has 0 radical (unpaired) electrons. The third-order valence-electron chi connectivity index (χ3n) is 7.09. The molecule has 244 valence electrons. The van der Waals surface area contributed by atoms with Crippen molar-refractivity contribution in [3.8, 4) is 17.0 Å². The van der Waals surface area contributed by atoms with Gasteiger partial charge in [-0.25, -0.2) is 23.7 Å². The molecule has 0 spiro atoms. The van der Waals surface area contributed by atoms with Crippen molar-refractivity contribution in [2.75, 3.05) is 18.5 Å². The molecule has 14 heteroatoms. The second-order valence-electron chi connectivity index (χ2n) is 10.4. The lowest BCUT2D eigenvalue weighted by Crippen LogP contribution is -2.14. The van der Waals surface area contributed by atoms with Crippen molar-refractivity contribution in [1.82, 2.24) is 19.9 Å². The molecule has 0 amide bonds. The van der Waals surface area contributed by atoms with Crippen molar-refractivity contribution >= 4 is 60.5 Å². The summed E-state index contributed by atoms with van der Waals surface area (Å²) < 4.78 is 63.4. The summed E-state index contributed by atoms with van der Waals surface area (Å²) >= 11 is 7.88. The van der Waals surface area contributed by atoms with Crippen LogP contribution in [-0.2, 0) is 28.1 Å². The van der Waals surface area contributed by atoms with E-state index < -0.39 is 16.1 Å². The van der Waals surface area contributed by atoms with Crippen LogP contribution in [0.1, 0.15) is 22.7 Å². The summed E-state index contributed by atoms with van der Waals surface area (Å²) in [6, 6.07) is 19.3. The topological polar surface area (TPSA) is 116 Å². The summed E-state index contributed by atoms with van der Waals surface area (Å²) in [6.07, 6.45) is 4.03. The van der Waals surface area contributed by atoms with E-state index in [1.165, 1.54) is 42.1 Å². The van der Waals surface area contributed by atoms with E-state index in [0.717, 1.165) is 5.01 Å². The molecule has 0 fully saturated rings. The van der Waals surface area contributed by atoms with Crippen molar-refractivity contribution in [2.45, 2.75) is 19.4 Å². The van der Waals surface area contributed by atoms with Gasteiger partial charge in [-0.15, -0.1) is 11.3 Å². The van der Waals surface area contributed by atoms with Gasteiger partial charge in [-0.3, -0.25) is 4.98 Å². The van der Waals surface area contributed by atoms with Gasteiger partial charge in [-0.2, -0.15) is 8.42 Å². The van der Waals surface area contributed by atoms with Crippen molar-refractivity contribution in [3.63, 3.8) is 0 Å². The van der Waals surface area contributed by atoms with Gasteiger partial charge in [-0.1, -0.05) is 29.8 Å². The first kappa shape index (κ1) is 33.1. The number of benzene rings is 3. The van der Waals surface area contributed by atoms with E-state index in [9.17, 15) is 12.8 Å². The molecule has 3 aromatic carbocycles. The lowest BCUT2D eigenvalue weighted by Gasteiger charge is -2.12. The highest BCUT2D eigenvalue weighted by Gasteiger charge is 2.15. The minimum atomic E-state index is -2.45. The molecule has 6 rings (SSSR count). The van der Waals surface area contributed by atoms with Crippen LogP contribution in [0.25, 0.3) is 22.2 Å². The fourth-order valence-corrected chi connectivity index (χ4v) is 6.32. The highest BCUT2D eigenvalue weighted by molar-refractivity contribution is 7.73. The van der Waals surface area contributed by atoms with Gasteiger partial charge in [0.1, 0.15) is 41.0 Å². The first-order valence-electron chi connectivity index (χ1n) is 14.6. The van der Waals surface area contributed by atoms with Gasteiger partial charge < -0.3 is 14.8 Å². The number of rotatable bonds is 13. The number of aromatic nitrogens is 4. The third-order valence-corrected chi connectivity index (χ3v) is 9.03. The van der Waals surface area contributed by atoms with Crippen molar-refractivity contribution in [1.29, 1.82) is 0 Å².